The molecule has 0 saturated carbocycles. The number of rotatable bonds is 14. The maximum atomic E-state index is 12.5. The van der Waals surface area contributed by atoms with Gasteiger partial charge in [-0.25, -0.2) is 0 Å². The minimum Gasteiger partial charge on any atom is -0.342 e. The molecular weight excluding hydrogens is 437 g/mol. The van der Waals surface area contributed by atoms with Gasteiger partial charge in [0.05, 0.1) is 0 Å². The predicted octanol–water partition coefficient (Wildman–Crippen LogP) is 7.12. The Bertz CT molecular complexity index is 429. The molecule has 2 heteroatoms. The molecule has 2 atom stereocenters. The maximum Gasteiger partial charge on any atom is 0.137 e. The number of hydrogen-bond acceptors (Lipinski definition) is 1. The number of Topliss-reactive ketones (excluding diaryl/α,β-unsaturated/α-hetero) is 1. The summed E-state index contributed by atoms with van der Waals surface area (Å²) >= 11 is 0. The third-order valence-electron chi connectivity index (χ3n) is 5.05. The van der Waals surface area contributed by atoms with Crippen molar-refractivity contribution in [1.82, 2.24) is 0 Å². The number of unbranched alkanes of at least 4 members (excludes halogenated alkanes) is 5. The van der Waals surface area contributed by atoms with Gasteiger partial charge in [-0.3, -0.25) is 4.79 Å². The molecule has 25 heavy (non-hydrogen) atoms. The molecule has 0 spiro atoms. The van der Waals surface area contributed by atoms with Crippen molar-refractivity contribution in [2.45, 2.75) is 90.4 Å². The Labute approximate surface area is 188 Å². The molecule has 141 valence electrons. The van der Waals surface area contributed by atoms with Gasteiger partial charge in [0.25, 0.3) is 0 Å². The fraction of sp³-hybridized carbons (Fsp3) is 0.652. The molecule has 0 heterocycles. The quantitative estimate of drug-likeness (QED) is 0.207. The fourth-order valence-corrected chi connectivity index (χ4v) is 3.42. The molecule has 0 aromatic heterocycles. The van der Waals surface area contributed by atoms with Gasteiger partial charge in [0.2, 0.25) is 0 Å². The molecule has 1 rings (SSSR count). The molecule has 0 amide bonds. The molecule has 0 N–H and O–H groups in total. The van der Waals surface area contributed by atoms with Gasteiger partial charge < -0.3 is 6.92 Å². The first kappa shape index (κ1) is 25.2. The molecular formula is C23H37OPm-. The average molecular weight is 475 g/mol. The van der Waals surface area contributed by atoms with Crippen molar-refractivity contribution in [2.75, 3.05) is 0 Å². The summed E-state index contributed by atoms with van der Waals surface area (Å²) in [5, 5.41) is 0. The van der Waals surface area contributed by atoms with Crippen LogP contribution in [0.1, 0.15) is 96.0 Å². The Hall–Kier alpha value is 0.228. The number of ketones is 1. The zero-order chi connectivity index (χ0) is 17.6. The first-order valence-electron chi connectivity index (χ1n) is 10.1. The van der Waals surface area contributed by atoms with Crippen LogP contribution in [0.2, 0.25) is 0 Å². The smallest absolute Gasteiger partial charge is 0.137 e. The van der Waals surface area contributed by atoms with Crippen molar-refractivity contribution >= 4 is 5.78 Å². The van der Waals surface area contributed by atoms with E-state index in [1.807, 2.05) is 18.2 Å². The molecule has 2 unspecified atom stereocenters. The van der Waals surface area contributed by atoms with Gasteiger partial charge >= 0.3 is 0 Å². The largest absolute Gasteiger partial charge is 0.342 e. The van der Waals surface area contributed by atoms with Crippen LogP contribution in [0.25, 0.3) is 0 Å². The summed E-state index contributed by atoms with van der Waals surface area (Å²) in [4.78, 5) is 12.5. The van der Waals surface area contributed by atoms with Gasteiger partial charge in [-0.1, -0.05) is 95.5 Å². The molecule has 0 saturated heterocycles. The number of hydrogen-bond donors (Lipinski definition) is 0. The van der Waals surface area contributed by atoms with Gasteiger partial charge in [-0.2, -0.15) is 6.42 Å². The maximum absolute atomic E-state index is 12.5. The second-order valence-electron chi connectivity index (χ2n) is 7.27. The summed E-state index contributed by atoms with van der Waals surface area (Å²) < 4.78 is 0. The molecule has 0 fully saturated rings. The first-order valence-corrected chi connectivity index (χ1v) is 10.1. The zero-order valence-corrected chi connectivity index (χ0v) is 19.3. The van der Waals surface area contributed by atoms with Crippen molar-refractivity contribution in [2.24, 2.45) is 5.92 Å². The van der Waals surface area contributed by atoms with Crippen molar-refractivity contribution in [3.05, 3.63) is 42.8 Å². The Balaban J connectivity index is 0.00000576. The van der Waals surface area contributed by atoms with E-state index in [2.05, 4.69) is 32.9 Å². The summed E-state index contributed by atoms with van der Waals surface area (Å²) in [7, 11) is 0. The van der Waals surface area contributed by atoms with Crippen LogP contribution in [0, 0.1) is 53.2 Å². The summed E-state index contributed by atoms with van der Waals surface area (Å²) in [6.07, 6.45) is 13.1. The standard InChI is InChI=1S/C23H37O.Pm/c1-4-6-7-8-9-11-15-20(3)16-14-19-23(24)22(5-2)21-17-12-10-13-18-21;/h10,12-13,17-18,20,22H,2,4-9,11,14-16,19H2,1,3H3;/q-1;. The molecule has 1 nitrogen and oxygen atoms in total. The molecule has 1 aromatic carbocycles. The number of carbonyl (C=O) groups is 1. The molecule has 1 radical (unpaired) electrons. The van der Waals surface area contributed by atoms with E-state index in [1.165, 1.54) is 51.4 Å². The van der Waals surface area contributed by atoms with Crippen LogP contribution in [-0.4, -0.2) is 5.78 Å². The second kappa shape index (κ2) is 16.4. The average Bonchev–Trinajstić information content (AvgIpc) is 2.59. The van der Waals surface area contributed by atoms with E-state index in [0.717, 1.165) is 17.9 Å². The van der Waals surface area contributed by atoms with E-state index in [-0.39, 0.29) is 46.3 Å². The zero-order valence-electron chi connectivity index (χ0n) is 16.4. The monoisotopic (exact) mass is 474 g/mol. The number of benzene rings is 1. The van der Waals surface area contributed by atoms with Gasteiger partial charge in [0.1, 0.15) is 5.78 Å². The van der Waals surface area contributed by atoms with Crippen LogP contribution in [-0.2, 0) is 4.79 Å². The van der Waals surface area contributed by atoms with Crippen molar-refractivity contribution in [3.63, 3.8) is 0 Å². The third-order valence-corrected chi connectivity index (χ3v) is 5.05. The number of carbonyl (C=O) groups excluding carboxylic acids is 1. The molecule has 0 aliphatic heterocycles. The van der Waals surface area contributed by atoms with E-state index in [4.69, 9.17) is 0 Å². The molecule has 0 aliphatic rings. The summed E-state index contributed by atoms with van der Waals surface area (Å²) in [6.45, 7) is 8.58. The second-order valence-corrected chi connectivity index (χ2v) is 7.27. The summed E-state index contributed by atoms with van der Waals surface area (Å²) in [5.41, 5.74) is 1.12. The van der Waals surface area contributed by atoms with Crippen LogP contribution < -0.4 is 0 Å². The van der Waals surface area contributed by atoms with Crippen LogP contribution in [0.4, 0.5) is 0 Å². The van der Waals surface area contributed by atoms with Crippen LogP contribution in [0.5, 0.6) is 0 Å². The normalized spacial score (nSPS) is 13.1. The Morgan fingerprint density at radius 3 is 2.20 bits per heavy atom. The van der Waals surface area contributed by atoms with Gasteiger partial charge in [0.15, 0.2) is 0 Å². The topological polar surface area (TPSA) is 17.1 Å². The molecule has 0 aliphatic carbocycles. The van der Waals surface area contributed by atoms with Gasteiger partial charge in [0, 0.05) is 52.7 Å². The van der Waals surface area contributed by atoms with E-state index in [0.29, 0.717) is 18.6 Å². The van der Waals surface area contributed by atoms with Gasteiger partial charge in [-0.15, -0.1) is 0 Å². The van der Waals surface area contributed by atoms with Crippen LogP contribution in [0.3, 0.4) is 0 Å². The van der Waals surface area contributed by atoms with E-state index in [9.17, 15) is 4.79 Å². The molecule has 1 aromatic rings. The minimum atomic E-state index is -0.0138. The Morgan fingerprint density at radius 1 is 0.960 bits per heavy atom. The Morgan fingerprint density at radius 2 is 1.56 bits per heavy atom. The third kappa shape index (κ3) is 11.5. The van der Waals surface area contributed by atoms with Crippen molar-refractivity contribution in [1.29, 1.82) is 0 Å². The SMILES string of the molecule is [CH2-]CC(C(=O)CCCC(C)CCCCCCCC)c1ccccc1.[Pm]. The predicted molar refractivity (Wildman–Crippen MR) is 105 cm³/mol. The van der Waals surface area contributed by atoms with Gasteiger partial charge in [-0.05, 0) is 17.9 Å². The van der Waals surface area contributed by atoms with E-state index < -0.39 is 0 Å². The van der Waals surface area contributed by atoms with Crippen LogP contribution >= 0.6 is 0 Å². The van der Waals surface area contributed by atoms with Crippen molar-refractivity contribution in [3.8, 4) is 0 Å². The summed E-state index contributed by atoms with van der Waals surface area (Å²) in [6, 6.07) is 10.1. The van der Waals surface area contributed by atoms with Crippen LogP contribution in [0.15, 0.2) is 30.3 Å². The van der Waals surface area contributed by atoms with E-state index >= 15 is 0 Å². The molecule has 0 bridgehead atoms. The summed E-state index contributed by atoms with van der Waals surface area (Å²) in [5.74, 6) is 1.10. The minimum absolute atomic E-state index is 0. The van der Waals surface area contributed by atoms with E-state index in [1.54, 1.807) is 0 Å². The van der Waals surface area contributed by atoms with Crippen molar-refractivity contribution < 1.29 is 45.2 Å². The Kier molecular flexibility index (Phi) is 16.6. The first-order chi connectivity index (χ1) is 11.7. The fourth-order valence-electron chi connectivity index (χ4n) is 3.42.